The molecule has 0 aromatic heterocycles. The Morgan fingerprint density at radius 1 is 1.29 bits per heavy atom. The van der Waals surface area contributed by atoms with Crippen molar-refractivity contribution in [3.05, 3.63) is 0 Å². The molecule has 0 bridgehead atoms. The summed E-state index contributed by atoms with van der Waals surface area (Å²) >= 11 is 0. The Hall–Kier alpha value is -0.120. The predicted octanol–water partition coefficient (Wildman–Crippen LogP) is 1.78. The first kappa shape index (κ1) is 14.9. The van der Waals surface area contributed by atoms with Crippen LogP contribution in [-0.2, 0) is 0 Å². The summed E-state index contributed by atoms with van der Waals surface area (Å²) in [5.41, 5.74) is 6.02. The number of nitrogens with two attached hydrogens (primary N) is 1. The summed E-state index contributed by atoms with van der Waals surface area (Å²) in [5.74, 6) is 0.765. The molecule has 1 saturated heterocycles. The molecule has 102 valence electrons. The minimum absolute atomic E-state index is 0.591. The van der Waals surface area contributed by atoms with Crippen molar-refractivity contribution in [2.45, 2.75) is 51.6 Å². The van der Waals surface area contributed by atoms with Crippen molar-refractivity contribution in [2.75, 3.05) is 33.7 Å². The number of piperidine rings is 1. The molecule has 0 saturated carbocycles. The highest BCUT2D eigenvalue weighted by atomic mass is 15.2. The molecule has 1 fully saturated rings. The van der Waals surface area contributed by atoms with Gasteiger partial charge in [-0.15, -0.1) is 0 Å². The van der Waals surface area contributed by atoms with E-state index in [4.69, 9.17) is 5.73 Å². The average molecular weight is 241 g/mol. The first-order chi connectivity index (χ1) is 8.13. The minimum atomic E-state index is 0.591. The quantitative estimate of drug-likeness (QED) is 0.769. The van der Waals surface area contributed by atoms with E-state index < -0.39 is 0 Å². The maximum absolute atomic E-state index is 6.02. The van der Waals surface area contributed by atoms with Crippen LogP contribution in [-0.4, -0.2) is 55.6 Å². The van der Waals surface area contributed by atoms with Gasteiger partial charge >= 0.3 is 0 Å². The summed E-state index contributed by atoms with van der Waals surface area (Å²) in [4.78, 5) is 5.01. The Labute approximate surface area is 107 Å². The zero-order valence-electron chi connectivity index (χ0n) is 12.2. The Balaban J connectivity index is 2.61. The second-order valence-electron chi connectivity index (χ2n) is 5.63. The molecular weight excluding hydrogens is 210 g/mol. The van der Waals surface area contributed by atoms with Gasteiger partial charge in [0.2, 0.25) is 0 Å². The predicted molar refractivity (Wildman–Crippen MR) is 75.2 cm³/mol. The highest BCUT2D eigenvalue weighted by Crippen LogP contribution is 2.23. The van der Waals surface area contributed by atoms with Crippen LogP contribution in [0.25, 0.3) is 0 Å². The number of rotatable bonds is 6. The van der Waals surface area contributed by atoms with Gasteiger partial charge in [0.25, 0.3) is 0 Å². The maximum Gasteiger partial charge on any atom is 0.0247 e. The van der Waals surface area contributed by atoms with E-state index in [-0.39, 0.29) is 0 Å². The molecule has 1 aliphatic rings. The van der Waals surface area contributed by atoms with E-state index >= 15 is 0 Å². The summed E-state index contributed by atoms with van der Waals surface area (Å²) in [7, 11) is 4.39. The van der Waals surface area contributed by atoms with Crippen molar-refractivity contribution in [1.82, 2.24) is 9.80 Å². The van der Waals surface area contributed by atoms with Gasteiger partial charge in [0.1, 0.15) is 0 Å². The molecule has 2 N–H and O–H groups in total. The number of likely N-dealkylation sites (tertiary alicyclic amines) is 1. The summed E-state index contributed by atoms with van der Waals surface area (Å²) < 4.78 is 0. The van der Waals surface area contributed by atoms with Crippen LogP contribution >= 0.6 is 0 Å². The molecule has 0 aromatic rings. The Morgan fingerprint density at radius 3 is 2.41 bits per heavy atom. The Morgan fingerprint density at radius 2 is 1.94 bits per heavy atom. The molecule has 0 spiro atoms. The number of hydrogen-bond acceptors (Lipinski definition) is 3. The lowest BCUT2D eigenvalue weighted by Crippen LogP contribution is -2.53. The normalized spacial score (nSPS) is 24.5. The highest BCUT2D eigenvalue weighted by Gasteiger charge is 2.29. The van der Waals surface area contributed by atoms with E-state index in [2.05, 4.69) is 37.7 Å². The number of nitrogens with zero attached hydrogens (tertiary/aromatic N) is 2. The van der Waals surface area contributed by atoms with Crippen molar-refractivity contribution in [2.24, 2.45) is 11.7 Å². The third kappa shape index (κ3) is 3.94. The average Bonchev–Trinajstić information content (AvgIpc) is 2.35. The van der Waals surface area contributed by atoms with Gasteiger partial charge in [0.05, 0.1) is 0 Å². The monoisotopic (exact) mass is 241 g/mol. The van der Waals surface area contributed by atoms with Gasteiger partial charge in [-0.05, 0) is 39.4 Å². The van der Waals surface area contributed by atoms with E-state index in [9.17, 15) is 0 Å². The van der Waals surface area contributed by atoms with Crippen LogP contribution in [0, 0.1) is 5.92 Å². The topological polar surface area (TPSA) is 32.5 Å². The van der Waals surface area contributed by atoms with Crippen LogP contribution in [0.1, 0.15) is 39.5 Å². The van der Waals surface area contributed by atoms with Crippen molar-refractivity contribution in [3.63, 3.8) is 0 Å². The third-order valence-electron chi connectivity index (χ3n) is 4.46. The largest absolute Gasteiger partial charge is 0.329 e. The van der Waals surface area contributed by atoms with E-state index in [1.165, 1.54) is 38.8 Å². The maximum atomic E-state index is 6.02. The van der Waals surface area contributed by atoms with Crippen molar-refractivity contribution in [1.29, 1.82) is 0 Å². The van der Waals surface area contributed by atoms with Crippen molar-refractivity contribution >= 4 is 0 Å². The van der Waals surface area contributed by atoms with Crippen LogP contribution in [0.2, 0.25) is 0 Å². The first-order valence-corrected chi connectivity index (χ1v) is 7.24. The van der Waals surface area contributed by atoms with Crippen molar-refractivity contribution < 1.29 is 0 Å². The standard InChI is InChI=1S/C14H31N3/c1-5-12(6-2)14(10-15)17-9-7-8-13(11-17)16(3)4/h12-14H,5-11,15H2,1-4H3. The zero-order valence-corrected chi connectivity index (χ0v) is 12.2. The number of likely N-dealkylation sites (N-methyl/N-ethyl adjacent to an activating group) is 1. The van der Waals surface area contributed by atoms with Gasteiger partial charge in [0, 0.05) is 25.2 Å². The van der Waals surface area contributed by atoms with Crippen LogP contribution < -0.4 is 5.73 Å². The SMILES string of the molecule is CCC(CC)C(CN)N1CCCC(N(C)C)C1. The molecular formula is C14H31N3. The molecule has 3 heteroatoms. The summed E-state index contributed by atoms with van der Waals surface area (Å²) in [6, 6.07) is 1.31. The first-order valence-electron chi connectivity index (χ1n) is 7.24. The van der Waals surface area contributed by atoms with Crippen LogP contribution in [0.4, 0.5) is 0 Å². The van der Waals surface area contributed by atoms with E-state index in [1.54, 1.807) is 0 Å². The van der Waals surface area contributed by atoms with Crippen LogP contribution in [0.5, 0.6) is 0 Å². The summed E-state index contributed by atoms with van der Waals surface area (Å²) in [5, 5.41) is 0. The second-order valence-corrected chi connectivity index (χ2v) is 5.63. The fourth-order valence-electron chi connectivity index (χ4n) is 3.18. The van der Waals surface area contributed by atoms with Gasteiger partial charge in [-0.1, -0.05) is 26.7 Å². The Kier molecular flexibility index (Phi) is 6.45. The van der Waals surface area contributed by atoms with Crippen LogP contribution in [0.3, 0.4) is 0 Å². The molecule has 2 atom stereocenters. The van der Waals surface area contributed by atoms with Gasteiger partial charge in [-0.2, -0.15) is 0 Å². The molecule has 1 heterocycles. The molecule has 3 nitrogen and oxygen atoms in total. The summed E-state index contributed by atoms with van der Waals surface area (Å²) in [6.45, 7) is 7.84. The van der Waals surface area contributed by atoms with Crippen molar-refractivity contribution in [3.8, 4) is 0 Å². The van der Waals surface area contributed by atoms with Gasteiger partial charge in [-0.25, -0.2) is 0 Å². The second kappa shape index (κ2) is 7.34. The molecule has 1 rings (SSSR count). The van der Waals surface area contributed by atoms with Gasteiger partial charge in [-0.3, -0.25) is 4.90 Å². The third-order valence-corrected chi connectivity index (χ3v) is 4.46. The summed E-state index contributed by atoms with van der Waals surface area (Å²) in [6.07, 6.45) is 5.16. The lowest BCUT2D eigenvalue weighted by Gasteiger charge is -2.42. The fourth-order valence-corrected chi connectivity index (χ4v) is 3.18. The molecule has 0 aliphatic carbocycles. The number of hydrogen-bond donors (Lipinski definition) is 1. The molecule has 0 amide bonds. The minimum Gasteiger partial charge on any atom is -0.329 e. The van der Waals surface area contributed by atoms with Crippen LogP contribution in [0.15, 0.2) is 0 Å². The molecule has 0 aromatic carbocycles. The van der Waals surface area contributed by atoms with Gasteiger partial charge in [0.15, 0.2) is 0 Å². The van der Waals surface area contributed by atoms with E-state index in [0.717, 1.165) is 12.5 Å². The highest BCUT2D eigenvalue weighted by molar-refractivity contribution is 4.86. The molecule has 17 heavy (non-hydrogen) atoms. The fraction of sp³-hybridized carbons (Fsp3) is 1.00. The smallest absolute Gasteiger partial charge is 0.0247 e. The van der Waals surface area contributed by atoms with Gasteiger partial charge < -0.3 is 10.6 Å². The van der Waals surface area contributed by atoms with E-state index in [1.807, 2.05) is 0 Å². The van der Waals surface area contributed by atoms with E-state index in [0.29, 0.717) is 12.1 Å². The molecule has 1 aliphatic heterocycles. The lowest BCUT2D eigenvalue weighted by molar-refractivity contribution is 0.0696. The zero-order chi connectivity index (χ0) is 12.8. The Bertz CT molecular complexity index is 202. The molecule has 0 radical (unpaired) electrons. The lowest BCUT2D eigenvalue weighted by atomic mass is 9.90. The molecule has 2 unspecified atom stereocenters.